The zero-order valence-corrected chi connectivity index (χ0v) is 12.2. The Balaban J connectivity index is 1.66. The number of likely N-dealkylation sites (tertiary alicyclic amines) is 1. The van der Waals surface area contributed by atoms with Gasteiger partial charge in [0.15, 0.2) is 0 Å². The van der Waals surface area contributed by atoms with Crippen LogP contribution >= 0.6 is 0 Å². The molecule has 3 heterocycles. The molecule has 7 heteroatoms. The number of amides is 4. The molecule has 116 valence electrons. The third kappa shape index (κ3) is 2.62. The van der Waals surface area contributed by atoms with Crippen molar-refractivity contribution in [3.8, 4) is 0 Å². The van der Waals surface area contributed by atoms with Crippen LogP contribution in [0.1, 0.15) is 32.1 Å². The average Bonchev–Trinajstić information content (AvgIpc) is 2.73. The van der Waals surface area contributed by atoms with Crippen LogP contribution in [0.4, 0.5) is 4.79 Å². The van der Waals surface area contributed by atoms with E-state index in [1.807, 2.05) is 0 Å². The molecular formula is C14H22N4O3. The molecular weight excluding hydrogens is 272 g/mol. The monoisotopic (exact) mass is 294 g/mol. The molecule has 2 N–H and O–H groups in total. The van der Waals surface area contributed by atoms with E-state index in [0.29, 0.717) is 25.9 Å². The van der Waals surface area contributed by atoms with E-state index in [2.05, 4.69) is 10.6 Å². The van der Waals surface area contributed by atoms with Gasteiger partial charge in [0.25, 0.3) is 5.91 Å². The van der Waals surface area contributed by atoms with Gasteiger partial charge in [-0.3, -0.25) is 14.5 Å². The third-order valence-electron chi connectivity index (χ3n) is 4.71. The molecule has 7 nitrogen and oxygen atoms in total. The maximum absolute atomic E-state index is 12.6. The smallest absolute Gasteiger partial charge is 0.325 e. The maximum Gasteiger partial charge on any atom is 0.325 e. The van der Waals surface area contributed by atoms with Gasteiger partial charge in [0, 0.05) is 13.1 Å². The lowest BCUT2D eigenvalue weighted by molar-refractivity contribution is -0.139. The highest BCUT2D eigenvalue weighted by Gasteiger charge is 2.51. The second kappa shape index (κ2) is 5.63. The van der Waals surface area contributed by atoms with Crippen molar-refractivity contribution in [3.05, 3.63) is 0 Å². The quantitative estimate of drug-likeness (QED) is 0.684. The summed E-state index contributed by atoms with van der Waals surface area (Å²) in [5, 5.41) is 5.99. The van der Waals surface area contributed by atoms with Gasteiger partial charge in [0.2, 0.25) is 5.91 Å². The lowest BCUT2D eigenvalue weighted by atomic mass is 9.88. The number of carbonyl (C=O) groups is 3. The summed E-state index contributed by atoms with van der Waals surface area (Å²) in [6.07, 6.45) is 4.32. The molecule has 3 saturated heterocycles. The van der Waals surface area contributed by atoms with Crippen molar-refractivity contribution in [1.82, 2.24) is 20.4 Å². The van der Waals surface area contributed by atoms with Crippen molar-refractivity contribution in [1.29, 1.82) is 0 Å². The summed E-state index contributed by atoms with van der Waals surface area (Å²) in [6, 6.07) is -0.424. The van der Waals surface area contributed by atoms with Crippen LogP contribution in [-0.2, 0) is 9.59 Å². The first-order valence-electron chi connectivity index (χ1n) is 7.75. The van der Waals surface area contributed by atoms with Crippen LogP contribution in [0.5, 0.6) is 0 Å². The van der Waals surface area contributed by atoms with Gasteiger partial charge in [0.05, 0.1) is 0 Å². The Kier molecular flexibility index (Phi) is 3.84. The lowest BCUT2D eigenvalue weighted by Gasteiger charge is -2.31. The first-order chi connectivity index (χ1) is 10.1. The second-order valence-electron chi connectivity index (χ2n) is 6.10. The van der Waals surface area contributed by atoms with Gasteiger partial charge < -0.3 is 15.5 Å². The lowest BCUT2D eigenvalue weighted by Crippen LogP contribution is -2.54. The number of carbonyl (C=O) groups excluding carboxylic acids is 3. The van der Waals surface area contributed by atoms with Gasteiger partial charge in [-0.15, -0.1) is 0 Å². The summed E-state index contributed by atoms with van der Waals surface area (Å²) in [7, 11) is 0. The summed E-state index contributed by atoms with van der Waals surface area (Å²) in [6.45, 7) is 2.76. The molecule has 21 heavy (non-hydrogen) atoms. The minimum absolute atomic E-state index is 0.121. The summed E-state index contributed by atoms with van der Waals surface area (Å²) in [5.41, 5.74) is -0.787. The molecule has 4 amide bonds. The van der Waals surface area contributed by atoms with E-state index in [-0.39, 0.29) is 18.4 Å². The highest BCUT2D eigenvalue weighted by atomic mass is 16.2. The Morgan fingerprint density at radius 1 is 1.10 bits per heavy atom. The summed E-state index contributed by atoms with van der Waals surface area (Å²) in [5.74, 6) is -0.358. The molecule has 0 atom stereocenters. The Bertz CT molecular complexity index is 453. The van der Waals surface area contributed by atoms with E-state index in [0.717, 1.165) is 37.3 Å². The van der Waals surface area contributed by atoms with Crippen LogP contribution in [0, 0.1) is 0 Å². The number of nitrogens with one attached hydrogen (secondary N) is 2. The highest BCUT2D eigenvalue weighted by Crippen LogP contribution is 2.27. The molecule has 0 bridgehead atoms. The minimum Gasteiger partial charge on any atom is -0.341 e. The van der Waals surface area contributed by atoms with Crippen LogP contribution in [0.25, 0.3) is 0 Å². The van der Waals surface area contributed by atoms with Crippen LogP contribution in [0.15, 0.2) is 0 Å². The SMILES string of the molecule is O=C(CN1C(=O)NC2(CCNCC2)C1=O)N1CCCCC1. The molecule has 3 fully saturated rings. The zero-order chi connectivity index (χ0) is 14.9. The molecule has 3 aliphatic rings. The first-order valence-corrected chi connectivity index (χ1v) is 7.75. The molecule has 0 radical (unpaired) electrons. The van der Waals surface area contributed by atoms with Crippen LogP contribution in [0.3, 0.4) is 0 Å². The fourth-order valence-corrected chi connectivity index (χ4v) is 3.39. The largest absolute Gasteiger partial charge is 0.341 e. The fourth-order valence-electron chi connectivity index (χ4n) is 3.39. The molecule has 0 aromatic rings. The molecule has 3 rings (SSSR count). The Labute approximate surface area is 124 Å². The average molecular weight is 294 g/mol. The van der Waals surface area contributed by atoms with Crippen LogP contribution in [0.2, 0.25) is 0 Å². The topological polar surface area (TPSA) is 81.8 Å². The normalized spacial score (nSPS) is 25.3. The van der Waals surface area contributed by atoms with Gasteiger partial charge in [-0.1, -0.05) is 0 Å². The van der Waals surface area contributed by atoms with Gasteiger partial charge in [-0.2, -0.15) is 0 Å². The number of hydrogen-bond acceptors (Lipinski definition) is 4. The van der Waals surface area contributed by atoms with E-state index < -0.39 is 11.6 Å². The van der Waals surface area contributed by atoms with Crippen molar-refractivity contribution in [2.24, 2.45) is 0 Å². The molecule has 0 aromatic heterocycles. The van der Waals surface area contributed by atoms with Crippen molar-refractivity contribution in [2.75, 3.05) is 32.7 Å². The van der Waals surface area contributed by atoms with E-state index in [4.69, 9.17) is 0 Å². The molecule has 0 saturated carbocycles. The van der Waals surface area contributed by atoms with E-state index in [1.165, 1.54) is 0 Å². The van der Waals surface area contributed by atoms with Crippen molar-refractivity contribution in [3.63, 3.8) is 0 Å². The Morgan fingerprint density at radius 3 is 2.43 bits per heavy atom. The van der Waals surface area contributed by atoms with E-state index in [9.17, 15) is 14.4 Å². The first kappa shape index (κ1) is 14.3. The zero-order valence-electron chi connectivity index (χ0n) is 12.2. The summed E-state index contributed by atoms with van der Waals surface area (Å²) >= 11 is 0. The molecule has 0 unspecified atom stereocenters. The summed E-state index contributed by atoms with van der Waals surface area (Å²) < 4.78 is 0. The highest BCUT2D eigenvalue weighted by molar-refractivity contribution is 6.09. The number of hydrogen-bond donors (Lipinski definition) is 2. The van der Waals surface area contributed by atoms with E-state index in [1.54, 1.807) is 4.90 Å². The van der Waals surface area contributed by atoms with Crippen molar-refractivity contribution in [2.45, 2.75) is 37.6 Å². The number of imide groups is 1. The fraction of sp³-hybridized carbons (Fsp3) is 0.786. The predicted molar refractivity (Wildman–Crippen MR) is 75.5 cm³/mol. The number of urea groups is 1. The van der Waals surface area contributed by atoms with Gasteiger partial charge in [-0.25, -0.2) is 4.79 Å². The van der Waals surface area contributed by atoms with Gasteiger partial charge >= 0.3 is 6.03 Å². The maximum atomic E-state index is 12.6. The molecule has 0 aromatic carbocycles. The molecule has 3 aliphatic heterocycles. The van der Waals surface area contributed by atoms with E-state index >= 15 is 0 Å². The predicted octanol–water partition coefficient (Wildman–Crippen LogP) is -0.327. The summed E-state index contributed by atoms with van der Waals surface area (Å²) in [4.78, 5) is 39.8. The van der Waals surface area contributed by atoms with Gasteiger partial charge in [0.1, 0.15) is 12.1 Å². The third-order valence-corrected chi connectivity index (χ3v) is 4.71. The number of rotatable bonds is 2. The Morgan fingerprint density at radius 2 is 1.76 bits per heavy atom. The second-order valence-corrected chi connectivity index (χ2v) is 6.10. The minimum atomic E-state index is -0.787. The molecule has 0 aliphatic carbocycles. The number of nitrogens with zero attached hydrogens (tertiary/aromatic N) is 2. The van der Waals surface area contributed by atoms with Crippen molar-refractivity contribution < 1.29 is 14.4 Å². The van der Waals surface area contributed by atoms with Crippen LogP contribution < -0.4 is 10.6 Å². The molecule has 1 spiro atoms. The van der Waals surface area contributed by atoms with Crippen molar-refractivity contribution >= 4 is 17.8 Å². The van der Waals surface area contributed by atoms with Gasteiger partial charge in [-0.05, 0) is 45.2 Å². The van der Waals surface area contributed by atoms with Crippen LogP contribution in [-0.4, -0.2) is 65.9 Å². The standard InChI is InChI=1S/C14H22N4O3/c19-11(17-8-2-1-3-9-17)10-18-12(20)14(16-13(18)21)4-6-15-7-5-14/h15H,1-10H2,(H,16,21). The Hall–Kier alpha value is -1.63. The number of piperidine rings is 2.